The number of nitrogens with zero attached hydrogens (tertiary/aromatic N) is 2. The molecule has 2 N–H and O–H groups in total. The van der Waals surface area contributed by atoms with Gasteiger partial charge in [0, 0.05) is 5.56 Å². The third-order valence-corrected chi connectivity index (χ3v) is 3.51. The fourth-order valence-corrected chi connectivity index (χ4v) is 1.86. The lowest BCUT2D eigenvalue weighted by Crippen LogP contribution is -2.47. The van der Waals surface area contributed by atoms with Crippen molar-refractivity contribution in [1.29, 1.82) is 0 Å². The molecule has 2 rings (SSSR count). The van der Waals surface area contributed by atoms with Gasteiger partial charge in [0.15, 0.2) is 17.2 Å². The first kappa shape index (κ1) is 15.8. The van der Waals surface area contributed by atoms with Crippen molar-refractivity contribution in [3.8, 4) is 11.4 Å². The van der Waals surface area contributed by atoms with Crippen LogP contribution in [0, 0.1) is 11.6 Å². The Bertz CT molecular complexity index is 683. The van der Waals surface area contributed by atoms with E-state index in [1.807, 2.05) is 0 Å². The molecule has 1 aromatic heterocycles. The summed E-state index contributed by atoms with van der Waals surface area (Å²) in [6, 6.07) is 1.88. The second kappa shape index (κ2) is 5.02. The molecular formula is C11H7BrF5N3O. The van der Waals surface area contributed by atoms with Crippen molar-refractivity contribution in [1.82, 2.24) is 10.1 Å². The van der Waals surface area contributed by atoms with Gasteiger partial charge in [0.1, 0.15) is 0 Å². The molecule has 1 heterocycles. The molecule has 114 valence electrons. The van der Waals surface area contributed by atoms with Gasteiger partial charge in [-0.15, -0.1) is 0 Å². The molecule has 0 saturated carbocycles. The maximum Gasteiger partial charge on any atom is 0.415 e. The molecule has 2 aromatic rings. The predicted octanol–water partition coefficient (Wildman–Crippen LogP) is 3.51. The van der Waals surface area contributed by atoms with E-state index in [1.54, 1.807) is 0 Å². The maximum atomic E-state index is 13.4. The van der Waals surface area contributed by atoms with Crippen molar-refractivity contribution in [2.24, 2.45) is 5.73 Å². The van der Waals surface area contributed by atoms with Crippen LogP contribution < -0.4 is 5.73 Å². The standard InChI is InChI=1S/C11H7BrF5N3O/c1-10(18,11(15,16)17)9-19-8(20-21-9)4-2-3-5(13)7(14)6(4)12/h2-3H,18H2,1H3. The molecule has 1 aromatic carbocycles. The van der Waals surface area contributed by atoms with E-state index in [-0.39, 0.29) is 15.9 Å². The number of nitrogens with two attached hydrogens (primary N) is 1. The normalized spacial score (nSPS) is 15.0. The van der Waals surface area contributed by atoms with E-state index in [0.717, 1.165) is 12.1 Å². The molecular weight excluding hydrogens is 365 g/mol. The zero-order valence-corrected chi connectivity index (χ0v) is 11.9. The molecule has 0 saturated heterocycles. The maximum absolute atomic E-state index is 13.4. The summed E-state index contributed by atoms with van der Waals surface area (Å²) in [6.07, 6.45) is -4.82. The fraction of sp³-hybridized carbons (Fsp3) is 0.273. The van der Waals surface area contributed by atoms with E-state index in [1.165, 1.54) is 0 Å². The second-order valence-electron chi connectivity index (χ2n) is 4.35. The highest BCUT2D eigenvalue weighted by molar-refractivity contribution is 9.10. The minimum absolute atomic E-state index is 0.0677. The van der Waals surface area contributed by atoms with Crippen LogP contribution >= 0.6 is 15.9 Å². The largest absolute Gasteiger partial charge is 0.415 e. The topological polar surface area (TPSA) is 64.9 Å². The average Bonchev–Trinajstić information content (AvgIpc) is 2.84. The summed E-state index contributed by atoms with van der Waals surface area (Å²) in [5.41, 5.74) is 2.21. The molecule has 4 nitrogen and oxygen atoms in total. The summed E-state index contributed by atoms with van der Waals surface area (Å²) in [7, 11) is 0. The van der Waals surface area contributed by atoms with Crippen molar-refractivity contribution >= 4 is 15.9 Å². The summed E-state index contributed by atoms with van der Waals surface area (Å²) in [6.45, 7) is 0.657. The molecule has 21 heavy (non-hydrogen) atoms. The van der Waals surface area contributed by atoms with Crippen LogP contribution in [-0.4, -0.2) is 16.3 Å². The van der Waals surface area contributed by atoms with E-state index < -0.39 is 29.2 Å². The molecule has 10 heteroatoms. The number of aromatic nitrogens is 2. The van der Waals surface area contributed by atoms with Gasteiger partial charge in [-0.1, -0.05) is 5.16 Å². The summed E-state index contributed by atoms with van der Waals surface area (Å²) in [5, 5.41) is 3.31. The molecule has 1 unspecified atom stereocenters. The lowest BCUT2D eigenvalue weighted by Gasteiger charge is -2.22. The number of benzene rings is 1. The third kappa shape index (κ3) is 2.64. The SMILES string of the molecule is CC(N)(c1nc(-c2ccc(F)c(F)c2Br)no1)C(F)(F)F. The van der Waals surface area contributed by atoms with Crippen LogP contribution in [0.2, 0.25) is 0 Å². The van der Waals surface area contributed by atoms with Crippen molar-refractivity contribution in [3.63, 3.8) is 0 Å². The smallest absolute Gasteiger partial charge is 0.337 e. The first-order valence-corrected chi connectivity index (χ1v) is 6.18. The highest BCUT2D eigenvalue weighted by Gasteiger charge is 2.53. The van der Waals surface area contributed by atoms with Crippen LogP contribution in [0.1, 0.15) is 12.8 Å². The first-order valence-electron chi connectivity index (χ1n) is 5.39. The van der Waals surface area contributed by atoms with Crippen molar-refractivity contribution in [2.45, 2.75) is 18.6 Å². The summed E-state index contributed by atoms with van der Waals surface area (Å²) >= 11 is 2.78. The Morgan fingerprint density at radius 2 is 1.86 bits per heavy atom. The predicted molar refractivity (Wildman–Crippen MR) is 64.9 cm³/mol. The Morgan fingerprint density at radius 1 is 1.24 bits per heavy atom. The molecule has 0 radical (unpaired) electrons. The van der Waals surface area contributed by atoms with Crippen LogP contribution in [0.5, 0.6) is 0 Å². The van der Waals surface area contributed by atoms with E-state index >= 15 is 0 Å². The highest BCUT2D eigenvalue weighted by Crippen LogP contribution is 2.37. The molecule has 0 amide bonds. The monoisotopic (exact) mass is 371 g/mol. The zero-order valence-electron chi connectivity index (χ0n) is 10.3. The number of hydrogen-bond donors (Lipinski definition) is 1. The summed E-state index contributed by atoms with van der Waals surface area (Å²) in [4.78, 5) is 3.51. The van der Waals surface area contributed by atoms with Crippen LogP contribution in [-0.2, 0) is 5.54 Å². The minimum atomic E-state index is -4.82. The van der Waals surface area contributed by atoms with E-state index in [0.29, 0.717) is 6.92 Å². The average molecular weight is 372 g/mol. The van der Waals surface area contributed by atoms with Crippen LogP contribution in [0.4, 0.5) is 22.0 Å². The number of hydrogen-bond acceptors (Lipinski definition) is 4. The van der Waals surface area contributed by atoms with Gasteiger partial charge >= 0.3 is 6.18 Å². The Balaban J connectivity index is 2.49. The zero-order chi connectivity index (χ0) is 16.0. The summed E-state index contributed by atoms with van der Waals surface area (Å²) in [5.74, 6) is -3.59. The first-order chi connectivity index (χ1) is 9.55. The molecule has 0 spiro atoms. The Morgan fingerprint density at radius 3 is 2.43 bits per heavy atom. The number of halogens is 6. The Labute approximate surface area is 123 Å². The van der Waals surface area contributed by atoms with E-state index in [4.69, 9.17) is 5.73 Å². The van der Waals surface area contributed by atoms with E-state index in [9.17, 15) is 22.0 Å². The molecule has 0 fully saturated rings. The molecule has 0 aliphatic rings. The van der Waals surface area contributed by atoms with Gasteiger partial charge in [0.25, 0.3) is 5.89 Å². The highest BCUT2D eigenvalue weighted by atomic mass is 79.9. The lowest BCUT2D eigenvalue weighted by molar-refractivity contribution is -0.190. The Hall–Kier alpha value is -1.55. The third-order valence-electron chi connectivity index (χ3n) is 2.74. The number of alkyl halides is 3. The van der Waals surface area contributed by atoms with Gasteiger partial charge in [-0.05, 0) is 35.0 Å². The van der Waals surface area contributed by atoms with Crippen molar-refractivity contribution < 1.29 is 26.5 Å². The second-order valence-corrected chi connectivity index (χ2v) is 5.14. The van der Waals surface area contributed by atoms with Gasteiger partial charge in [0.05, 0.1) is 4.47 Å². The molecule has 0 aliphatic heterocycles. The van der Waals surface area contributed by atoms with Gasteiger partial charge < -0.3 is 10.3 Å². The quantitative estimate of drug-likeness (QED) is 0.647. The van der Waals surface area contributed by atoms with Gasteiger partial charge in [0.2, 0.25) is 5.82 Å². The van der Waals surface area contributed by atoms with Crippen molar-refractivity contribution in [3.05, 3.63) is 34.1 Å². The van der Waals surface area contributed by atoms with Gasteiger partial charge in [-0.25, -0.2) is 8.78 Å². The Kier molecular flexibility index (Phi) is 3.79. The van der Waals surface area contributed by atoms with Crippen LogP contribution in [0.3, 0.4) is 0 Å². The van der Waals surface area contributed by atoms with E-state index in [2.05, 4.69) is 30.6 Å². The molecule has 0 bridgehead atoms. The van der Waals surface area contributed by atoms with Crippen LogP contribution in [0.25, 0.3) is 11.4 Å². The molecule has 1 atom stereocenters. The van der Waals surface area contributed by atoms with Crippen molar-refractivity contribution in [2.75, 3.05) is 0 Å². The minimum Gasteiger partial charge on any atom is -0.337 e. The number of rotatable bonds is 2. The van der Waals surface area contributed by atoms with Gasteiger partial charge in [-0.3, -0.25) is 0 Å². The van der Waals surface area contributed by atoms with Crippen LogP contribution in [0.15, 0.2) is 21.1 Å². The summed E-state index contributed by atoms with van der Waals surface area (Å²) < 4.78 is 68.8. The lowest BCUT2D eigenvalue weighted by atomic mass is 10.0. The van der Waals surface area contributed by atoms with Gasteiger partial charge in [-0.2, -0.15) is 18.2 Å². The fourth-order valence-electron chi connectivity index (χ4n) is 1.36. The molecule has 0 aliphatic carbocycles.